The first kappa shape index (κ1) is 19.8. The highest BCUT2D eigenvalue weighted by molar-refractivity contribution is 5.63. The van der Waals surface area contributed by atoms with Crippen LogP contribution in [0.4, 0.5) is 15.9 Å². The Hall–Kier alpha value is -4.15. The summed E-state index contributed by atoms with van der Waals surface area (Å²) >= 11 is 0. The van der Waals surface area contributed by atoms with E-state index in [0.29, 0.717) is 23.6 Å². The van der Waals surface area contributed by atoms with Gasteiger partial charge in [-0.15, -0.1) is 0 Å². The van der Waals surface area contributed by atoms with Gasteiger partial charge in [0, 0.05) is 24.4 Å². The number of anilines is 1. The molecule has 5 rings (SSSR count). The van der Waals surface area contributed by atoms with Crippen molar-refractivity contribution < 1.29 is 14.1 Å². The molecular formula is C21H18FN7O3. The Balaban J connectivity index is 1.59. The molecule has 0 spiro atoms. The highest BCUT2D eigenvalue weighted by Crippen LogP contribution is 2.40. The standard InChI is InChI=1S/C21H18FN7O3/c1-21(2)8-14(13-4-3-7-23-20(13)32-21)26-19-16(29(30)31)10-25-18(27-19)15-9-24-17-6-5-12(22)11-28(15)17/h3-7,9-11,14H,8H2,1-2H3,(H,25,26,27). The van der Waals surface area contributed by atoms with E-state index in [9.17, 15) is 14.5 Å². The number of nitrogens with zero attached hydrogens (tertiary/aromatic N) is 6. The van der Waals surface area contributed by atoms with Crippen molar-refractivity contribution in [3.05, 3.63) is 70.5 Å². The third-order valence-corrected chi connectivity index (χ3v) is 5.22. The molecule has 0 saturated carbocycles. The molecule has 0 aliphatic carbocycles. The van der Waals surface area contributed by atoms with Crippen LogP contribution in [-0.2, 0) is 0 Å². The van der Waals surface area contributed by atoms with E-state index in [2.05, 4.69) is 25.3 Å². The van der Waals surface area contributed by atoms with Crippen LogP contribution in [0, 0.1) is 15.9 Å². The summed E-state index contributed by atoms with van der Waals surface area (Å²) in [5.74, 6) is 0.235. The molecule has 0 bridgehead atoms. The van der Waals surface area contributed by atoms with Gasteiger partial charge >= 0.3 is 5.69 Å². The fourth-order valence-electron chi connectivity index (χ4n) is 3.81. The van der Waals surface area contributed by atoms with Crippen LogP contribution in [0.15, 0.2) is 49.1 Å². The van der Waals surface area contributed by atoms with Crippen LogP contribution in [0.1, 0.15) is 31.9 Å². The predicted molar refractivity (Wildman–Crippen MR) is 113 cm³/mol. The topological polar surface area (TPSA) is 120 Å². The number of halogens is 1. The number of aromatic nitrogens is 5. The van der Waals surface area contributed by atoms with Crippen molar-refractivity contribution in [3.8, 4) is 17.4 Å². The largest absolute Gasteiger partial charge is 0.471 e. The molecule has 0 saturated heterocycles. The second-order valence-electron chi connectivity index (χ2n) is 8.06. The van der Waals surface area contributed by atoms with Crippen molar-refractivity contribution in [1.29, 1.82) is 0 Å². The van der Waals surface area contributed by atoms with Crippen LogP contribution >= 0.6 is 0 Å². The highest BCUT2D eigenvalue weighted by atomic mass is 19.1. The van der Waals surface area contributed by atoms with Gasteiger partial charge in [0.05, 0.1) is 17.2 Å². The number of fused-ring (bicyclic) bond motifs is 2. The summed E-state index contributed by atoms with van der Waals surface area (Å²) in [5.41, 5.74) is 0.876. The minimum absolute atomic E-state index is 0.0452. The number of nitro groups is 1. The SMILES string of the molecule is CC1(C)CC(Nc2nc(-c3cnc4ccc(F)cn34)ncc2[N+](=O)[O-])c2cccnc2O1. The Morgan fingerprint density at radius 3 is 2.91 bits per heavy atom. The lowest BCUT2D eigenvalue weighted by molar-refractivity contribution is -0.384. The summed E-state index contributed by atoms with van der Waals surface area (Å²) in [7, 11) is 0. The Morgan fingerprint density at radius 2 is 2.09 bits per heavy atom. The van der Waals surface area contributed by atoms with Crippen molar-refractivity contribution >= 4 is 17.2 Å². The highest BCUT2D eigenvalue weighted by Gasteiger charge is 2.36. The molecule has 1 N–H and O–H groups in total. The van der Waals surface area contributed by atoms with E-state index >= 15 is 0 Å². The normalized spacial score (nSPS) is 16.9. The molecule has 10 nitrogen and oxygen atoms in total. The van der Waals surface area contributed by atoms with Gasteiger partial charge in [-0.25, -0.2) is 24.3 Å². The van der Waals surface area contributed by atoms with Crippen LogP contribution in [0.3, 0.4) is 0 Å². The van der Waals surface area contributed by atoms with Crippen molar-refractivity contribution in [2.75, 3.05) is 5.32 Å². The molecule has 0 amide bonds. The van der Waals surface area contributed by atoms with Crippen LogP contribution in [-0.4, -0.2) is 34.9 Å². The van der Waals surface area contributed by atoms with Gasteiger partial charge in [0.1, 0.15) is 29.0 Å². The molecule has 1 aliphatic rings. The van der Waals surface area contributed by atoms with Crippen molar-refractivity contribution in [1.82, 2.24) is 24.3 Å². The van der Waals surface area contributed by atoms with E-state index < -0.39 is 16.3 Å². The van der Waals surface area contributed by atoms with Gasteiger partial charge in [0.25, 0.3) is 0 Å². The number of imidazole rings is 1. The van der Waals surface area contributed by atoms with E-state index in [-0.39, 0.29) is 23.4 Å². The zero-order valence-electron chi connectivity index (χ0n) is 17.2. The lowest BCUT2D eigenvalue weighted by Gasteiger charge is -2.37. The van der Waals surface area contributed by atoms with Gasteiger partial charge in [-0.1, -0.05) is 6.07 Å². The summed E-state index contributed by atoms with van der Waals surface area (Å²) in [6.07, 6.45) is 6.06. The molecule has 32 heavy (non-hydrogen) atoms. The van der Waals surface area contributed by atoms with E-state index in [1.54, 1.807) is 12.3 Å². The summed E-state index contributed by atoms with van der Waals surface area (Å²) < 4.78 is 21.2. The number of nitrogens with one attached hydrogen (secondary N) is 1. The number of hydrogen-bond donors (Lipinski definition) is 1. The third kappa shape index (κ3) is 3.47. The van der Waals surface area contributed by atoms with E-state index in [0.717, 1.165) is 11.8 Å². The predicted octanol–water partition coefficient (Wildman–Crippen LogP) is 3.95. The lowest BCUT2D eigenvalue weighted by atomic mass is 9.91. The Morgan fingerprint density at radius 1 is 1.25 bits per heavy atom. The van der Waals surface area contributed by atoms with Crippen LogP contribution < -0.4 is 10.1 Å². The Kier molecular flexibility index (Phi) is 4.47. The lowest BCUT2D eigenvalue weighted by Crippen LogP contribution is -2.37. The number of rotatable bonds is 4. The molecule has 4 aromatic heterocycles. The fraction of sp³-hybridized carbons (Fsp3) is 0.238. The minimum atomic E-state index is -0.547. The molecule has 0 aromatic carbocycles. The summed E-state index contributed by atoms with van der Waals surface area (Å²) in [5, 5.41) is 14.9. The maximum absolute atomic E-state index is 13.8. The average Bonchev–Trinajstić information content (AvgIpc) is 3.15. The van der Waals surface area contributed by atoms with Gasteiger partial charge in [-0.05, 0) is 32.0 Å². The van der Waals surface area contributed by atoms with Crippen LogP contribution in [0.2, 0.25) is 0 Å². The van der Waals surface area contributed by atoms with Gasteiger partial charge in [0.2, 0.25) is 11.7 Å². The minimum Gasteiger partial charge on any atom is -0.471 e. The second-order valence-corrected chi connectivity index (χ2v) is 8.06. The van der Waals surface area contributed by atoms with E-state index in [4.69, 9.17) is 4.74 Å². The molecule has 11 heteroatoms. The smallest absolute Gasteiger partial charge is 0.329 e. The van der Waals surface area contributed by atoms with Crippen LogP contribution in [0.25, 0.3) is 17.2 Å². The molecule has 162 valence electrons. The molecule has 0 fully saturated rings. The molecule has 1 atom stereocenters. The summed E-state index contributed by atoms with van der Waals surface area (Å²) in [6, 6.07) is 6.13. The molecular weight excluding hydrogens is 417 g/mol. The molecule has 5 heterocycles. The van der Waals surface area contributed by atoms with Crippen molar-refractivity contribution in [2.45, 2.75) is 31.9 Å². The van der Waals surface area contributed by atoms with E-state index in [1.807, 2.05) is 19.9 Å². The maximum Gasteiger partial charge on any atom is 0.329 e. The average molecular weight is 435 g/mol. The van der Waals surface area contributed by atoms with Gasteiger partial charge in [-0.3, -0.25) is 14.5 Å². The monoisotopic (exact) mass is 435 g/mol. The molecule has 4 aromatic rings. The Bertz CT molecular complexity index is 1350. The quantitative estimate of drug-likeness (QED) is 0.378. The second kappa shape index (κ2) is 7.22. The number of hydrogen-bond acceptors (Lipinski definition) is 8. The number of ether oxygens (including phenoxy) is 1. The summed E-state index contributed by atoms with van der Waals surface area (Å²) in [4.78, 5) is 28.2. The van der Waals surface area contributed by atoms with Gasteiger partial charge in [-0.2, -0.15) is 0 Å². The molecule has 1 aliphatic heterocycles. The van der Waals surface area contributed by atoms with Crippen molar-refractivity contribution in [2.24, 2.45) is 0 Å². The summed E-state index contributed by atoms with van der Waals surface area (Å²) in [6.45, 7) is 3.85. The Labute approximate surface area is 181 Å². The first-order valence-electron chi connectivity index (χ1n) is 9.86. The first-order valence-corrected chi connectivity index (χ1v) is 9.86. The number of pyridine rings is 2. The fourth-order valence-corrected chi connectivity index (χ4v) is 3.81. The van der Waals surface area contributed by atoms with Gasteiger partial charge < -0.3 is 10.1 Å². The first-order chi connectivity index (χ1) is 15.3. The maximum atomic E-state index is 13.8. The van der Waals surface area contributed by atoms with Crippen molar-refractivity contribution in [3.63, 3.8) is 0 Å². The van der Waals surface area contributed by atoms with Gasteiger partial charge in [0.15, 0.2) is 5.82 Å². The van der Waals surface area contributed by atoms with E-state index in [1.165, 1.54) is 28.9 Å². The third-order valence-electron chi connectivity index (χ3n) is 5.22. The van der Waals surface area contributed by atoms with Crippen LogP contribution in [0.5, 0.6) is 5.88 Å². The zero-order chi connectivity index (χ0) is 22.5. The zero-order valence-corrected chi connectivity index (χ0v) is 17.2. The molecule has 1 unspecified atom stereocenters. The molecule has 0 radical (unpaired) electrons.